The predicted molar refractivity (Wildman–Crippen MR) is 117 cm³/mol. The van der Waals surface area contributed by atoms with Gasteiger partial charge in [-0.3, -0.25) is 9.69 Å². The van der Waals surface area contributed by atoms with Gasteiger partial charge in [-0.05, 0) is 62.9 Å². The molecule has 2 aromatic rings. The second kappa shape index (κ2) is 8.58. The first-order valence-corrected chi connectivity index (χ1v) is 10.9. The molecule has 1 N–H and O–H groups in total. The lowest BCUT2D eigenvalue weighted by molar-refractivity contribution is 0.0807. The summed E-state index contributed by atoms with van der Waals surface area (Å²) in [5.74, 6) is 1.07. The molecule has 0 spiro atoms. The molecule has 2 fully saturated rings. The molecule has 2 aromatic carbocycles. The second-order valence-electron chi connectivity index (χ2n) is 8.49. The van der Waals surface area contributed by atoms with Crippen molar-refractivity contribution in [2.24, 2.45) is 0 Å². The van der Waals surface area contributed by atoms with Crippen molar-refractivity contribution in [2.75, 3.05) is 26.7 Å². The number of hydrogen-bond donors (Lipinski definition) is 1. The van der Waals surface area contributed by atoms with Crippen molar-refractivity contribution in [1.82, 2.24) is 10.2 Å². The van der Waals surface area contributed by atoms with Crippen molar-refractivity contribution in [3.8, 4) is 5.75 Å². The van der Waals surface area contributed by atoms with Gasteiger partial charge in [0, 0.05) is 18.0 Å². The van der Waals surface area contributed by atoms with Gasteiger partial charge in [0.2, 0.25) is 0 Å². The van der Waals surface area contributed by atoms with Crippen LogP contribution in [0, 0.1) is 6.92 Å². The number of aryl methyl sites for hydroxylation is 1. The van der Waals surface area contributed by atoms with E-state index in [2.05, 4.69) is 40.5 Å². The largest absolute Gasteiger partial charge is 0.496 e. The van der Waals surface area contributed by atoms with Gasteiger partial charge in [0.05, 0.1) is 12.7 Å². The van der Waals surface area contributed by atoms with Crippen molar-refractivity contribution >= 4 is 5.91 Å². The molecule has 4 heteroatoms. The third kappa shape index (κ3) is 3.78. The van der Waals surface area contributed by atoms with Gasteiger partial charge in [-0.25, -0.2) is 0 Å². The van der Waals surface area contributed by atoms with E-state index in [1.54, 1.807) is 7.11 Å². The van der Waals surface area contributed by atoms with E-state index in [4.69, 9.17) is 4.74 Å². The fraction of sp³-hybridized carbons (Fsp3) is 0.480. The van der Waals surface area contributed by atoms with E-state index in [0.29, 0.717) is 23.8 Å². The fourth-order valence-electron chi connectivity index (χ4n) is 5.51. The molecular formula is C25H32N2O2. The molecule has 1 saturated heterocycles. The highest BCUT2D eigenvalue weighted by Gasteiger charge is 2.48. The number of carbonyl (C=O) groups is 1. The zero-order valence-corrected chi connectivity index (χ0v) is 17.6. The van der Waals surface area contributed by atoms with Crippen LogP contribution < -0.4 is 10.1 Å². The van der Waals surface area contributed by atoms with E-state index in [-0.39, 0.29) is 11.4 Å². The predicted octanol–water partition coefficient (Wildman–Crippen LogP) is 4.54. The summed E-state index contributed by atoms with van der Waals surface area (Å²) in [4.78, 5) is 15.9. The van der Waals surface area contributed by atoms with Crippen LogP contribution in [0.25, 0.3) is 0 Å². The number of nitrogens with zero attached hydrogens (tertiary/aromatic N) is 1. The Hall–Kier alpha value is -2.33. The lowest BCUT2D eigenvalue weighted by atomic mass is 9.80. The fourth-order valence-corrected chi connectivity index (χ4v) is 5.51. The van der Waals surface area contributed by atoms with Crippen LogP contribution in [0.3, 0.4) is 0 Å². The lowest BCUT2D eigenvalue weighted by Crippen LogP contribution is -2.56. The van der Waals surface area contributed by atoms with Gasteiger partial charge in [0.1, 0.15) is 5.75 Å². The maximum atomic E-state index is 13.2. The van der Waals surface area contributed by atoms with Crippen molar-refractivity contribution in [3.05, 3.63) is 65.2 Å². The summed E-state index contributed by atoms with van der Waals surface area (Å²) in [5, 5.41) is 3.31. The standard InChI is InChI=1S/C25H32N2O2/c1-19-10-8-14-22(29-2)23(19)24(28)26-18-25(27-16-6-7-17-27)15-9-13-21(25)20-11-4-3-5-12-20/h3-5,8,10-12,14,21H,6-7,9,13,15-18H2,1-2H3,(H,26,28). The van der Waals surface area contributed by atoms with E-state index in [0.717, 1.165) is 25.1 Å². The third-order valence-electron chi connectivity index (χ3n) is 6.93. The quantitative estimate of drug-likeness (QED) is 0.785. The molecule has 29 heavy (non-hydrogen) atoms. The lowest BCUT2D eigenvalue weighted by Gasteiger charge is -2.44. The first kappa shape index (κ1) is 20.0. The van der Waals surface area contributed by atoms with Crippen molar-refractivity contribution in [1.29, 1.82) is 0 Å². The molecule has 2 aliphatic rings. The number of methoxy groups -OCH3 is 1. The number of rotatable bonds is 6. The molecule has 0 bridgehead atoms. The Morgan fingerprint density at radius 1 is 1.10 bits per heavy atom. The molecule has 1 aliphatic carbocycles. The minimum absolute atomic E-state index is 0.00341. The van der Waals surface area contributed by atoms with Crippen LogP contribution in [0.1, 0.15) is 59.5 Å². The van der Waals surface area contributed by atoms with Crippen LogP contribution in [0.4, 0.5) is 0 Å². The molecule has 1 aliphatic heterocycles. The number of hydrogen-bond acceptors (Lipinski definition) is 3. The summed E-state index contributed by atoms with van der Waals surface area (Å²) in [5.41, 5.74) is 3.01. The summed E-state index contributed by atoms with van der Waals surface area (Å²) < 4.78 is 5.46. The number of likely N-dealkylation sites (tertiary alicyclic amines) is 1. The molecule has 2 atom stereocenters. The van der Waals surface area contributed by atoms with Gasteiger partial charge in [-0.2, -0.15) is 0 Å². The molecule has 1 amide bonds. The topological polar surface area (TPSA) is 41.6 Å². The van der Waals surface area contributed by atoms with E-state index >= 15 is 0 Å². The molecule has 154 valence electrons. The Kier molecular flexibility index (Phi) is 5.91. The second-order valence-corrected chi connectivity index (χ2v) is 8.49. The van der Waals surface area contributed by atoms with Crippen LogP contribution in [-0.2, 0) is 0 Å². The van der Waals surface area contributed by atoms with E-state index in [1.165, 1.54) is 31.2 Å². The molecule has 4 rings (SSSR count). The normalized spacial score (nSPS) is 24.6. The van der Waals surface area contributed by atoms with Gasteiger partial charge in [-0.15, -0.1) is 0 Å². The third-order valence-corrected chi connectivity index (χ3v) is 6.93. The monoisotopic (exact) mass is 392 g/mol. The summed E-state index contributed by atoms with van der Waals surface area (Å²) in [6, 6.07) is 16.6. The number of carbonyl (C=O) groups excluding carboxylic acids is 1. The van der Waals surface area contributed by atoms with Gasteiger partial charge < -0.3 is 10.1 Å². The first-order valence-electron chi connectivity index (χ1n) is 10.9. The molecule has 1 saturated carbocycles. The summed E-state index contributed by atoms with van der Waals surface area (Å²) in [7, 11) is 1.62. The first-order chi connectivity index (χ1) is 14.2. The van der Waals surface area contributed by atoms with Crippen LogP contribution >= 0.6 is 0 Å². The average molecular weight is 393 g/mol. The summed E-state index contributed by atoms with van der Waals surface area (Å²) >= 11 is 0. The molecule has 0 radical (unpaired) electrons. The Morgan fingerprint density at radius 2 is 1.86 bits per heavy atom. The number of ether oxygens (including phenoxy) is 1. The van der Waals surface area contributed by atoms with Crippen molar-refractivity contribution < 1.29 is 9.53 Å². The molecule has 1 heterocycles. The van der Waals surface area contributed by atoms with Crippen LogP contribution in [0.15, 0.2) is 48.5 Å². The van der Waals surface area contributed by atoms with Crippen LogP contribution in [0.2, 0.25) is 0 Å². The van der Waals surface area contributed by atoms with Crippen molar-refractivity contribution in [3.63, 3.8) is 0 Å². The highest BCUT2D eigenvalue weighted by Crippen LogP contribution is 2.47. The zero-order valence-electron chi connectivity index (χ0n) is 17.6. The minimum atomic E-state index is -0.0303. The number of amides is 1. The SMILES string of the molecule is COc1cccc(C)c1C(=O)NCC1(N2CCCC2)CCCC1c1ccccc1. The Bertz CT molecular complexity index is 845. The highest BCUT2D eigenvalue weighted by atomic mass is 16.5. The molecule has 4 nitrogen and oxygen atoms in total. The van der Waals surface area contributed by atoms with Crippen LogP contribution in [-0.4, -0.2) is 43.1 Å². The Labute approximate surface area is 174 Å². The van der Waals surface area contributed by atoms with E-state index < -0.39 is 0 Å². The van der Waals surface area contributed by atoms with Crippen molar-refractivity contribution in [2.45, 2.75) is 50.5 Å². The van der Waals surface area contributed by atoms with Gasteiger partial charge in [-0.1, -0.05) is 48.9 Å². The summed E-state index contributed by atoms with van der Waals surface area (Å²) in [6.07, 6.45) is 6.03. The maximum Gasteiger partial charge on any atom is 0.255 e. The number of benzene rings is 2. The molecule has 0 aromatic heterocycles. The molecular weight excluding hydrogens is 360 g/mol. The summed E-state index contributed by atoms with van der Waals surface area (Å²) in [6.45, 7) is 4.92. The van der Waals surface area contributed by atoms with E-state index in [9.17, 15) is 4.79 Å². The smallest absolute Gasteiger partial charge is 0.255 e. The zero-order chi connectivity index (χ0) is 20.3. The maximum absolute atomic E-state index is 13.2. The molecule has 2 unspecified atom stereocenters. The minimum Gasteiger partial charge on any atom is -0.496 e. The van der Waals surface area contributed by atoms with E-state index in [1.807, 2.05) is 25.1 Å². The average Bonchev–Trinajstić information content (AvgIpc) is 3.43. The number of nitrogens with one attached hydrogen (secondary N) is 1. The van der Waals surface area contributed by atoms with Crippen LogP contribution in [0.5, 0.6) is 5.75 Å². The Balaban J connectivity index is 1.61. The van der Waals surface area contributed by atoms with Gasteiger partial charge >= 0.3 is 0 Å². The van der Waals surface area contributed by atoms with Gasteiger partial charge in [0.15, 0.2) is 0 Å². The highest BCUT2D eigenvalue weighted by molar-refractivity contribution is 5.98. The Morgan fingerprint density at radius 3 is 2.59 bits per heavy atom. The van der Waals surface area contributed by atoms with Gasteiger partial charge in [0.25, 0.3) is 5.91 Å².